The van der Waals surface area contributed by atoms with Crippen LogP contribution in [0.3, 0.4) is 0 Å². The van der Waals surface area contributed by atoms with Crippen LogP contribution in [0.25, 0.3) is 0 Å². The standard InChI is InChI=1S/C7H8BrNO3S/c1-5-6(8)3-2-4-7(5)12-13(9,10)11/h2-4H,1H3,(H2,9,10,11). The molecule has 13 heavy (non-hydrogen) atoms. The van der Waals surface area contributed by atoms with Gasteiger partial charge in [-0.3, -0.25) is 0 Å². The fraction of sp³-hybridized carbons (Fsp3) is 0.143. The van der Waals surface area contributed by atoms with Crippen LogP contribution in [-0.4, -0.2) is 8.42 Å². The Morgan fingerprint density at radius 2 is 2.08 bits per heavy atom. The van der Waals surface area contributed by atoms with Gasteiger partial charge in [0.2, 0.25) is 0 Å². The summed E-state index contributed by atoms with van der Waals surface area (Å²) in [4.78, 5) is 0. The maximum atomic E-state index is 10.6. The summed E-state index contributed by atoms with van der Waals surface area (Å²) in [7, 11) is -3.94. The van der Waals surface area contributed by atoms with E-state index in [1.54, 1.807) is 19.1 Å². The highest BCUT2D eigenvalue weighted by Gasteiger charge is 2.08. The Hall–Kier alpha value is -0.590. The zero-order chi connectivity index (χ0) is 10.1. The van der Waals surface area contributed by atoms with Crippen LogP contribution in [0, 0.1) is 6.92 Å². The van der Waals surface area contributed by atoms with Crippen LogP contribution in [0.1, 0.15) is 5.56 Å². The van der Waals surface area contributed by atoms with Gasteiger partial charge >= 0.3 is 10.3 Å². The Bertz CT molecular complexity index is 416. The van der Waals surface area contributed by atoms with E-state index in [1.807, 2.05) is 0 Å². The van der Waals surface area contributed by atoms with Gasteiger partial charge in [0.1, 0.15) is 5.75 Å². The highest BCUT2D eigenvalue weighted by Crippen LogP contribution is 2.25. The van der Waals surface area contributed by atoms with Crippen molar-refractivity contribution in [3.8, 4) is 5.75 Å². The van der Waals surface area contributed by atoms with Crippen LogP contribution in [0.5, 0.6) is 5.75 Å². The van der Waals surface area contributed by atoms with Gasteiger partial charge < -0.3 is 4.18 Å². The number of hydrogen-bond donors (Lipinski definition) is 1. The van der Waals surface area contributed by atoms with Gasteiger partial charge in [0.25, 0.3) is 0 Å². The second kappa shape index (κ2) is 3.65. The molecule has 4 nitrogen and oxygen atoms in total. The van der Waals surface area contributed by atoms with E-state index in [9.17, 15) is 8.42 Å². The van der Waals surface area contributed by atoms with Crippen molar-refractivity contribution in [1.29, 1.82) is 0 Å². The molecule has 0 aliphatic rings. The summed E-state index contributed by atoms with van der Waals surface area (Å²) in [6.45, 7) is 1.73. The zero-order valence-corrected chi connectivity index (χ0v) is 9.22. The minimum atomic E-state index is -3.94. The van der Waals surface area contributed by atoms with Crippen LogP contribution in [0.2, 0.25) is 0 Å². The Morgan fingerprint density at radius 3 is 2.62 bits per heavy atom. The minimum Gasteiger partial charge on any atom is -0.371 e. The van der Waals surface area contributed by atoms with E-state index in [4.69, 9.17) is 5.14 Å². The number of hydrogen-bond acceptors (Lipinski definition) is 3. The van der Waals surface area contributed by atoms with Crippen LogP contribution < -0.4 is 9.32 Å². The SMILES string of the molecule is Cc1c(Br)cccc1OS(N)(=O)=O. The maximum Gasteiger partial charge on any atom is 0.380 e. The maximum absolute atomic E-state index is 10.6. The smallest absolute Gasteiger partial charge is 0.371 e. The summed E-state index contributed by atoms with van der Waals surface area (Å²) in [5, 5.41) is 4.72. The predicted molar refractivity (Wildman–Crippen MR) is 52.6 cm³/mol. The average Bonchev–Trinajstić information content (AvgIpc) is 1.96. The van der Waals surface area contributed by atoms with Gasteiger partial charge in [0, 0.05) is 10.0 Å². The van der Waals surface area contributed by atoms with E-state index < -0.39 is 10.3 Å². The molecule has 0 saturated heterocycles. The highest BCUT2D eigenvalue weighted by molar-refractivity contribution is 9.10. The fourth-order valence-corrected chi connectivity index (χ4v) is 1.58. The van der Waals surface area contributed by atoms with Crippen molar-refractivity contribution >= 4 is 26.2 Å². The molecule has 1 rings (SSSR count). The second-order valence-corrected chi connectivity index (χ2v) is 4.45. The summed E-state index contributed by atoms with van der Waals surface area (Å²) >= 11 is 3.24. The van der Waals surface area contributed by atoms with Gasteiger partial charge in [-0.25, -0.2) is 0 Å². The third-order valence-corrected chi connectivity index (χ3v) is 2.69. The fourth-order valence-electron chi connectivity index (χ4n) is 0.803. The topological polar surface area (TPSA) is 69.4 Å². The summed E-state index contributed by atoms with van der Waals surface area (Å²) in [5.74, 6) is 0.233. The quantitative estimate of drug-likeness (QED) is 0.878. The number of benzene rings is 1. The number of halogens is 1. The lowest BCUT2D eigenvalue weighted by atomic mass is 10.2. The zero-order valence-electron chi connectivity index (χ0n) is 6.82. The molecule has 0 atom stereocenters. The van der Waals surface area contributed by atoms with E-state index in [-0.39, 0.29) is 5.75 Å². The molecule has 0 aliphatic heterocycles. The average molecular weight is 266 g/mol. The molecule has 0 saturated carbocycles. The lowest BCUT2D eigenvalue weighted by Crippen LogP contribution is -2.19. The minimum absolute atomic E-state index is 0.233. The largest absolute Gasteiger partial charge is 0.380 e. The molecule has 1 aromatic carbocycles. The third kappa shape index (κ3) is 2.98. The van der Waals surface area contributed by atoms with E-state index in [1.165, 1.54) is 6.07 Å². The van der Waals surface area contributed by atoms with Gasteiger partial charge in [-0.2, -0.15) is 13.6 Å². The Morgan fingerprint density at radius 1 is 1.46 bits per heavy atom. The van der Waals surface area contributed by atoms with E-state index in [2.05, 4.69) is 20.1 Å². The predicted octanol–water partition coefficient (Wildman–Crippen LogP) is 1.34. The first-order valence-corrected chi connectivity index (χ1v) is 5.64. The summed E-state index contributed by atoms with van der Waals surface area (Å²) < 4.78 is 26.5. The lowest BCUT2D eigenvalue weighted by molar-refractivity contribution is 0.485. The van der Waals surface area contributed by atoms with Crippen molar-refractivity contribution in [2.75, 3.05) is 0 Å². The molecule has 0 radical (unpaired) electrons. The van der Waals surface area contributed by atoms with Crippen molar-refractivity contribution in [3.63, 3.8) is 0 Å². The van der Waals surface area contributed by atoms with Crippen molar-refractivity contribution in [3.05, 3.63) is 28.2 Å². The Kier molecular flexibility index (Phi) is 2.94. The monoisotopic (exact) mass is 265 g/mol. The summed E-state index contributed by atoms with van der Waals surface area (Å²) in [5.41, 5.74) is 0.691. The molecular formula is C7H8BrNO3S. The normalized spacial score (nSPS) is 11.3. The molecule has 0 spiro atoms. The van der Waals surface area contributed by atoms with Crippen LogP contribution in [0.4, 0.5) is 0 Å². The Labute approximate surface area is 85.1 Å². The van der Waals surface area contributed by atoms with Crippen molar-refractivity contribution in [2.24, 2.45) is 5.14 Å². The molecule has 0 fully saturated rings. The molecule has 6 heteroatoms. The van der Waals surface area contributed by atoms with Gasteiger partial charge in [-0.05, 0) is 19.1 Å². The first-order chi connectivity index (χ1) is 5.90. The first kappa shape index (κ1) is 10.5. The summed E-state index contributed by atoms with van der Waals surface area (Å²) in [6.07, 6.45) is 0. The third-order valence-electron chi connectivity index (χ3n) is 1.42. The molecule has 0 amide bonds. The van der Waals surface area contributed by atoms with Crippen molar-refractivity contribution < 1.29 is 12.6 Å². The van der Waals surface area contributed by atoms with Gasteiger partial charge in [0.15, 0.2) is 0 Å². The van der Waals surface area contributed by atoms with E-state index >= 15 is 0 Å². The van der Waals surface area contributed by atoms with Crippen LogP contribution in [0.15, 0.2) is 22.7 Å². The molecule has 1 aromatic rings. The molecule has 0 unspecified atom stereocenters. The lowest BCUT2D eigenvalue weighted by Gasteiger charge is -2.06. The van der Waals surface area contributed by atoms with Gasteiger partial charge in [-0.1, -0.05) is 22.0 Å². The number of rotatable bonds is 2. The van der Waals surface area contributed by atoms with Crippen LogP contribution in [-0.2, 0) is 10.3 Å². The molecule has 0 bridgehead atoms. The molecule has 0 aromatic heterocycles. The molecule has 0 heterocycles. The molecule has 0 aliphatic carbocycles. The van der Waals surface area contributed by atoms with E-state index in [0.717, 1.165) is 4.47 Å². The number of nitrogens with two attached hydrogens (primary N) is 1. The summed E-state index contributed by atoms with van der Waals surface area (Å²) in [6, 6.07) is 4.98. The molecule has 72 valence electrons. The van der Waals surface area contributed by atoms with Gasteiger partial charge in [0.05, 0.1) is 0 Å². The molecule has 2 N–H and O–H groups in total. The van der Waals surface area contributed by atoms with Crippen LogP contribution >= 0.6 is 15.9 Å². The van der Waals surface area contributed by atoms with E-state index in [0.29, 0.717) is 5.56 Å². The van der Waals surface area contributed by atoms with Gasteiger partial charge in [-0.15, -0.1) is 0 Å². The Balaban J connectivity index is 3.10. The second-order valence-electron chi connectivity index (χ2n) is 2.44. The highest BCUT2D eigenvalue weighted by atomic mass is 79.9. The van der Waals surface area contributed by atoms with Crippen molar-refractivity contribution in [1.82, 2.24) is 0 Å². The first-order valence-electron chi connectivity index (χ1n) is 3.37. The van der Waals surface area contributed by atoms with Crippen molar-refractivity contribution in [2.45, 2.75) is 6.92 Å². The molecular weight excluding hydrogens is 258 g/mol.